The predicted octanol–water partition coefficient (Wildman–Crippen LogP) is 3.48. The van der Waals surface area contributed by atoms with Gasteiger partial charge in [-0.1, -0.05) is 64.8 Å². The zero-order valence-electron chi connectivity index (χ0n) is 13.8. The summed E-state index contributed by atoms with van der Waals surface area (Å²) < 4.78 is 0. The van der Waals surface area contributed by atoms with Crippen molar-refractivity contribution in [1.82, 2.24) is 0 Å². The zero-order chi connectivity index (χ0) is 17.0. The number of nitrogens with zero attached hydrogens (tertiary/aromatic N) is 1. The molecule has 1 atom stereocenters. The minimum Gasteiger partial charge on any atom is -0.375 e. The molecule has 1 N–H and O–H groups in total. The molecular formula is C19H21NO3. The van der Waals surface area contributed by atoms with Crippen LogP contribution in [0.3, 0.4) is 0 Å². The maximum absolute atomic E-state index is 11.4. The molecule has 0 fully saturated rings. The van der Waals surface area contributed by atoms with Gasteiger partial charge in [-0.25, -0.2) is 4.79 Å². The number of oxime groups is 1. The third kappa shape index (κ3) is 3.66. The van der Waals surface area contributed by atoms with Gasteiger partial charge in [-0.15, -0.1) is 0 Å². The normalized spacial score (nSPS) is 14.2. The highest BCUT2D eigenvalue weighted by Gasteiger charge is 2.36. The van der Waals surface area contributed by atoms with Crippen molar-refractivity contribution in [1.29, 1.82) is 0 Å². The molecule has 2 aromatic rings. The van der Waals surface area contributed by atoms with Crippen LogP contribution in [0.1, 0.15) is 36.1 Å². The minimum absolute atomic E-state index is 0.294. The molecule has 0 bridgehead atoms. The highest BCUT2D eigenvalue weighted by Crippen LogP contribution is 2.32. The van der Waals surface area contributed by atoms with E-state index in [2.05, 4.69) is 5.16 Å². The van der Waals surface area contributed by atoms with Gasteiger partial charge in [0.2, 0.25) is 0 Å². The van der Waals surface area contributed by atoms with Crippen LogP contribution in [0.15, 0.2) is 53.7 Å². The lowest BCUT2D eigenvalue weighted by atomic mass is 9.82. The van der Waals surface area contributed by atoms with Crippen molar-refractivity contribution in [3.8, 4) is 0 Å². The van der Waals surface area contributed by atoms with E-state index in [1.165, 1.54) is 6.92 Å². The van der Waals surface area contributed by atoms with Crippen LogP contribution in [-0.2, 0) is 15.2 Å². The van der Waals surface area contributed by atoms with Gasteiger partial charge in [-0.05, 0) is 31.9 Å². The Morgan fingerprint density at radius 3 is 2.22 bits per heavy atom. The lowest BCUT2D eigenvalue weighted by molar-refractivity contribution is -0.141. The average Bonchev–Trinajstić information content (AvgIpc) is 2.52. The highest BCUT2D eigenvalue weighted by molar-refractivity contribution is 5.94. The SMILES string of the molecule is CC(=O)O/N=C(\C)C(O)(c1ccc(C)cc1)c1cccc(C)c1. The fourth-order valence-corrected chi connectivity index (χ4v) is 2.45. The average molecular weight is 311 g/mol. The van der Waals surface area contributed by atoms with E-state index in [1.54, 1.807) is 6.92 Å². The van der Waals surface area contributed by atoms with Crippen molar-refractivity contribution in [3.63, 3.8) is 0 Å². The maximum Gasteiger partial charge on any atom is 0.331 e. The van der Waals surface area contributed by atoms with Gasteiger partial charge < -0.3 is 9.94 Å². The smallest absolute Gasteiger partial charge is 0.331 e. The third-order valence-corrected chi connectivity index (χ3v) is 3.74. The quantitative estimate of drug-likeness (QED) is 0.534. The maximum atomic E-state index is 11.4. The van der Waals surface area contributed by atoms with Gasteiger partial charge >= 0.3 is 5.97 Å². The molecule has 0 saturated carbocycles. The fourth-order valence-electron chi connectivity index (χ4n) is 2.45. The van der Waals surface area contributed by atoms with E-state index in [1.807, 2.05) is 62.4 Å². The Bertz CT molecular complexity index is 735. The number of carbonyl (C=O) groups excluding carboxylic acids is 1. The summed E-state index contributed by atoms with van der Waals surface area (Å²) in [4.78, 5) is 15.8. The Balaban J connectivity index is 2.61. The molecule has 0 aliphatic rings. The number of hydrogen-bond acceptors (Lipinski definition) is 4. The molecule has 1 unspecified atom stereocenters. The Labute approximate surface area is 136 Å². The summed E-state index contributed by atoms with van der Waals surface area (Å²) in [7, 11) is 0. The number of hydrogen-bond donors (Lipinski definition) is 1. The van der Waals surface area contributed by atoms with E-state index >= 15 is 0 Å². The summed E-state index contributed by atoms with van der Waals surface area (Å²) in [5, 5.41) is 15.2. The molecule has 0 radical (unpaired) electrons. The second-order valence-corrected chi connectivity index (χ2v) is 5.71. The van der Waals surface area contributed by atoms with Gasteiger partial charge in [0.25, 0.3) is 0 Å². The van der Waals surface area contributed by atoms with Gasteiger partial charge in [0, 0.05) is 6.92 Å². The van der Waals surface area contributed by atoms with E-state index in [4.69, 9.17) is 4.84 Å². The molecule has 4 heteroatoms. The number of aryl methyl sites for hydroxylation is 2. The number of benzene rings is 2. The third-order valence-electron chi connectivity index (χ3n) is 3.74. The fraction of sp³-hybridized carbons (Fsp3) is 0.263. The Morgan fingerprint density at radius 1 is 1.00 bits per heavy atom. The molecule has 0 aromatic heterocycles. The van der Waals surface area contributed by atoms with Crippen molar-refractivity contribution in [2.45, 2.75) is 33.3 Å². The van der Waals surface area contributed by atoms with Crippen LogP contribution >= 0.6 is 0 Å². The summed E-state index contributed by atoms with van der Waals surface area (Å²) in [6.07, 6.45) is 0. The monoisotopic (exact) mass is 311 g/mol. The zero-order valence-corrected chi connectivity index (χ0v) is 13.8. The number of carbonyl (C=O) groups is 1. The molecule has 23 heavy (non-hydrogen) atoms. The molecular weight excluding hydrogens is 290 g/mol. The van der Waals surface area contributed by atoms with Crippen LogP contribution in [0.5, 0.6) is 0 Å². The van der Waals surface area contributed by atoms with E-state index < -0.39 is 11.6 Å². The van der Waals surface area contributed by atoms with Crippen LogP contribution < -0.4 is 0 Å². The molecule has 0 spiro atoms. The van der Waals surface area contributed by atoms with Gasteiger partial charge in [-0.2, -0.15) is 0 Å². The van der Waals surface area contributed by atoms with Crippen LogP contribution in [0, 0.1) is 13.8 Å². The first-order valence-corrected chi connectivity index (χ1v) is 7.43. The molecule has 0 heterocycles. The first-order chi connectivity index (χ1) is 10.8. The summed E-state index contributed by atoms with van der Waals surface area (Å²) in [6, 6.07) is 15.1. The van der Waals surface area contributed by atoms with E-state index in [0.29, 0.717) is 16.8 Å². The molecule has 4 nitrogen and oxygen atoms in total. The Hall–Kier alpha value is -2.46. The Morgan fingerprint density at radius 2 is 1.65 bits per heavy atom. The van der Waals surface area contributed by atoms with E-state index in [9.17, 15) is 9.90 Å². The molecule has 120 valence electrons. The summed E-state index contributed by atoms with van der Waals surface area (Å²) in [5.74, 6) is -0.528. The summed E-state index contributed by atoms with van der Waals surface area (Å²) in [6.45, 7) is 6.85. The van der Waals surface area contributed by atoms with E-state index in [0.717, 1.165) is 11.1 Å². The van der Waals surface area contributed by atoms with Crippen molar-refractivity contribution >= 4 is 11.7 Å². The summed E-state index contributed by atoms with van der Waals surface area (Å²) >= 11 is 0. The first-order valence-electron chi connectivity index (χ1n) is 7.43. The molecule has 0 aliphatic heterocycles. The van der Waals surface area contributed by atoms with Gasteiger partial charge in [0.05, 0.1) is 5.71 Å². The summed E-state index contributed by atoms with van der Waals surface area (Å²) in [5.41, 5.74) is 2.29. The van der Waals surface area contributed by atoms with Crippen LogP contribution in [-0.4, -0.2) is 16.8 Å². The molecule has 0 amide bonds. The van der Waals surface area contributed by atoms with E-state index in [-0.39, 0.29) is 0 Å². The highest BCUT2D eigenvalue weighted by atomic mass is 16.7. The van der Waals surface area contributed by atoms with Crippen molar-refractivity contribution in [3.05, 3.63) is 70.8 Å². The van der Waals surface area contributed by atoms with Crippen molar-refractivity contribution in [2.24, 2.45) is 5.16 Å². The lowest BCUT2D eigenvalue weighted by Crippen LogP contribution is -2.35. The predicted molar refractivity (Wildman–Crippen MR) is 90.2 cm³/mol. The van der Waals surface area contributed by atoms with Crippen LogP contribution in [0.4, 0.5) is 0 Å². The minimum atomic E-state index is -1.46. The first kappa shape index (κ1) is 16.9. The van der Waals surface area contributed by atoms with Gasteiger partial charge in [0.1, 0.15) is 0 Å². The standard InChI is InChI=1S/C19H21NO3/c1-13-8-10-17(11-9-13)19(22,15(3)20-23-16(4)21)18-7-5-6-14(2)12-18/h5-12,22H,1-4H3/b20-15+. The topological polar surface area (TPSA) is 58.9 Å². The molecule has 2 rings (SSSR count). The molecule has 2 aromatic carbocycles. The molecule has 0 saturated heterocycles. The largest absolute Gasteiger partial charge is 0.375 e. The number of aliphatic hydroxyl groups is 1. The lowest BCUT2D eigenvalue weighted by Gasteiger charge is -2.29. The second-order valence-electron chi connectivity index (χ2n) is 5.71. The van der Waals surface area contributed by atoms with Crippen molar-refractivity contribution < 1.29 is 14.7 Å². The van der Waals surface area contributed by atoms with Crippen molar-refractivity contribution in [2.75, 3.05) is 0 Å². The van der Waals surface area contributed by atoms with Gasteiger partial charge in [-0.3, -0.25) is 0 Å². The Kier molecular flexibility index (Phi) is 4.96. The second kappa shape index (κ2) is 6.75. The van der Waals surface area contributed by atoms with Gasteiger partial charge in [0.15, 0.2) is 5.60 Å². The number of rotatable bonds is 4. The molecule has 0 aliphatic carbocycles. The van der Waals surface area contributed by atoms with Crippen LogP contribution in [0.25, 0.3) is 0 Å². The van der Waals surface area contributed by atoms with Crippen LogP contribution in [0.2, 0.25) is 0 Å².